The summed E-state index contributed by atoms with van der Waals surface area (Å²) >= 11 is 0. The van der Waals surface area contributed by atoms with Crippen molar-refractivity contribution >= 4 is 28.4 Å². The summed E-state index contributed by atoms with van der Waals surface area (Å²) in [6.45, 7) is 7.10. The molecular weight excluding hydrogens is 368 g/mol. The van der Waals surface area contributed by atoms with E-state index in [4.69, 9.17) is 9.72 Å². The molecule has 1 aromatic carbocycles. The van der Waals surface area contributed by atoms with Crippen LogP contribution in [0.3, 0.4) is 0 Å². The summed E-state index contributed by atoms with van der Waals surface area (Å²) < 4.78 is 7.23. The maximum atomic E-state index is 12.3. The Morgan fingerprint density at radius 3 is 2.66 bits per heavy atom. The van der Waals surface area contributed by atoms with E-state index in [-0.39, 0.29) is 18.3 Å². The highest BCUT2D eigenvalue weighted by Crippen LogP contribution is 2.23. The fourth-order valence-electron chi connectivity index (χ4n) is 4.07. The number of amides is 1. The van der Waals surface area contributed by atoms with Crippen LogP contribution in [0.15, 0.2) is 24.3 Å². The number of aryl methyl sites for hydroxylation is 2. The first-order valence-electron chi connectivity index (χ1n) is 10.2. The second-order valence-electron chi connectivity index (χ2n) is 7.68. The molecule has 1 atom stereocenters. The molecular formula is C22H26N4O3. The largest absolute Gasteiger partial charge is 0.453 e. The summed E-state index contributed by atoms with van der Waals surface area (Å²) in [4.78, 5) is 31.2. The Kier molecular flexibility index (Phi) is 5.22. The van der Waals surface area contributed by atoms with E-state index >= 15 is 0 Å². The van der Waals surface area contributed by atoms with Gasteiger partial charge in [0.1, 0.15) is 0 Å². The molecule has 7 heteroatoms. The van der Waals surface area contributed by atoms with E-state index in [2.05, 4.69) is 5.10 Å². The number of nitrogens with zero attached hydrogens (tertiary/aromatic N) is 4. The normalized spacial score (nSPS) is 15.2. The molecule has 7 nitrogen and oxygen atoms in total. The Bertz CT molecular complexity index is 1080. The predicted octanol–water partition coefficient (Wildman–Crippen LogP) is 2.99. The Morgan fingerprint density at radius 1 is 1.17 bits per heavy atom. The lowest BCUT2D eigenvalue weighted by Gasteiger charge is -2.20. The Labute approximate surface area is 169 Å². The minimum Gasteiger partial charge on any atom is -0.453 e. The average Bonchev–Trinajstić information content (AvgIpc) is 3.35. The van der Waals surface area contributed by atoms with Gasteiger partial charge in [0.15, 0.2) is 11.8 Å². The van der Waals surface area contributed by atoms with Crippen molar-refractivity contribution < 1.29 is 14.3 Å². The van der Waals surface area contributed by atoms with Crippen LogP contribution in [0, 0.1) is 13.8 Å². The average molecular weight is 394 g/mol. The van der Waals surface area contributed by atoms with Gasteiger partial charge in [0, 0.05) is 36.3 Å². The van der Waals surface area contributed by atoms with Crippen molar-refractivity contribution in [2.45, 2.75) is 52.6 Å². The number of fused-ring (bicyclic) bond motifs is 3. The molecule has 0 radical (unpaired) electrons. The van der Waals surface area contributed by atoms with Crippen molar-refractivity contribution in [1.82, 2.24) is 19.5 Å². The van der Waals surface area contributed by atoms with E-state index in [0.717, 1.165) is 59.4 Å². The van der Waals surface area contributed by atoms with Crippen LogP contribution in [-0.2, 0) is 20.7 Å². The number of rotatable bonds is 5. The van der Waals surface area contributed by atoms with Gasteiger partial charge in [-0.3, -0.25) is 9.59 Å². The fraction of sp³-hybridized carbons (Fsp3) is 0.455. The molecule has 4 rings (SSSR count). The summed E-state index contributed by atoms with van der Waals surface area (Å²) in [5.74, 6) is -0.468. The summed E-state index contributed by atoms with van der Waals surface area (Å²) in [5, 5.41) is 5.66. The zero-order chi connectivity index (χ0) is 20.5. The number of esters is 1. The molecule has 1 aliphatic heterocycles. The van der Waals surface area contributed by atoms with Crippen molar-refractivity contribution in [3.63, 3.8) is 0 Å². The van der Waals surface area contributed by atoms with Crippen molar-refractivity contribution in [2.24, 2.45) is 0 Å². The first kappa shape index (κ1) is 19.4. The number of hydrogen-bond donors (Lipinski definition) is 0. The lowest BCUT2D eigenvalue weighted by atomic mass is 10.1. The Morgan fingerprint density at radius 2 is 1.90 bits per heavy atom. The summed E-state index contributed by atoms with van der Waals surface area (Å²) in [5.41, 5.74) is 4.56. The third kappa shape index (κ3) is 3.69. The van der Waals surface area contributed by atoms with E-state index < -0.39 is 6.10 Å². The van der Waals surface area contributed by atoms with E-state index in [1.165, 1.54) is 0 Å². The number of carbonyl (C=O) groups is 2. The van der Waals surface area contributed by atoms with Gasteiger partial charge >= 0.3 is 5.97 Å². The summed E-state index contributed by atoms with van der Waals surface area (Å²) in [7, 11) is 0. The van der Waals surface area contributed by atoms with E-state index in [1.54, 1.807) is 11.8 Å². The Balaban J connectivity index is 1.47. The Hall–Kier alpha value is -2.96. The molecule has 1 fully saturated rings. The zero-order valence-electron chi connectivity index (χ0n) is 17.1. The summed E-state index contributed by atoms with van der Waals surface area (Å²) in [6.07, 6.45) is 2.00. The topological polar surface area (TPSA) is 76.8 Å². The second kappa shape index (κ2) is 7.81. The van der Waals surface area contributed by atoms with Crippen LogP contribution in [0.1, 0.15) is 43.1 Å². The monoisotopic (exact) mass is 394 g/mol. The first-order chi connectivity index (χ1) is 14.0. The van der Waals surface area contributed by atoms with E-state index in [1.807, 2.05) is 42.6 Å². The van der Waals surface area contributed by atoms with Crippen LogP contribution >= 0.6 is 0 Å². The maximum absolute atomic E-state index is 12.3. The quantitative estimate of drug-likeness (QED) is 0.622. The van der Waals surface area contributed by atoms with Gasteiger partial charge < -0.3 is 9.64 Å². The standard InChI is InChI=1S/C22H26N4O3/c1-14-17(10-11-20(27)29-16(3)22(28)25-12-6-7-13-25)15(2)26-21(23-14)18-8-4-5-9-19(18)24-26/h4-5,8-9,16H,6-7,10-13H2,1-3H3. The predicted molar refractivity (Wildman–Crippen MR) is 110 cm³/mol. The SMILES string of the molecule is Cc1nc2c3ccccc3nn2c(C)c1CCC(=O)OC(C)C(=O)N1CCCC1. The highest BCUT2D eigenvalue weighted by atomic mass is 16.5. The van der Waals surface area contributed by atoms with Gasteiger partial charge in [-0.1, -0.05) is 12.1 Å². The van der Waals surface area contributed by atoms with Crippen LogP contribution in [0.25, 0.3) is 16.6 Å². The molecule has 2 aromatic heterocycles. The molecule has 0 spiro atoms. The molecule has 1 unspecified atom stereocenters. The number of benzene rings is 1. The molecule has 152 valence electrons. The second-order valence-corrected chi connectivity index (χ2v) is 7.68. The van der Waals surface area contributed by atoms with Gasteiger partial charge in [0.25, 0.3) is 5.91 Å². The maximum Gasteiger partial charge on any atom is 0.306 e. The van der Waals surface area contributed by atoms with Crippen molar-refractivity contribution in [3.05, 3.63) is 41.2 Å². The van der Waals surface area contributed by atoms with Gasteiger partial charge in [0.05, 0.1) is 5.52 Å². The van der Waals surface area contributed by atoms with Gasteiger partial charge in [-0.2, -0.15) is 5.10 Å². The highest BCUT2D eigenvalue weighted by molar-refractivity contribution is 5.92. The first-order valence-corrected chi connectivity index (χ1v) is 10.2. The number of likely N-dealkylation sites (tertiary alicyclic amines) is 1. The van der Waals surface area contributed by atoms with E-state index in [0.29, 0.717) is 6.42 Å². The summed E-state index contributed by atoms with van der Waals surface area (Å²) in [6, 6.07) is 7.91. The number of ether oxygens (including phenoxy) is 1. The molecule has 29 heavy (non-hydrogen) atoms. The third-order valence-corrected chi connectivity index (χ3v) is 5.67. The molecule has 0 saturated carbocycles. The number of hydrogen-bond acceptors (Lipinski definition) is 5. The van der Waals surface area contributed by atoms with Crippen LogP contribution in [0.2, 0.25) is 0 Å². The van der Waals surface area contributed by atoms with Crippen molar-refractivity contribution in [3.8, 4) is 0 Å². The van der Waals surface area contributed by atoms with Gasteiger partial charge in [-0.15, -0.1) is 0 Å². The number of carbonyl (C=O) groups excluding carboxylic acids is 2. The zero-order valence-corrected chi connectivity index (χ0v) is 17.1. The third-order valence-electron chi connectivity index (χ3n) is 5.67. The van der Waals surface area contributed by atoms with Crippen LogP contribution < -0.4 is 0 Å². The fourth-order valence-corrected chi connectivity index (χ4v) is 4.07. The molecule has 1 amide bonds. The molecule has 0 aliphatic carbocycles. The van der Waals surface area contributed by atoms with Gasteiger partial charge in [-0.05, 0) is 57.7 Å². The van der Waals surface area contributed by atoms with Crippen LogP contribution in [0.5, 0.6) is 0 Å². The molecule has 3 aromatic rings. The van der Waals surface area contributed by atoms with Gasteiger partial charge in [-0.25, -0.2) is 9.50 Å². The highest BCUT2D eigenvalue weighted by Gasteiger charge is 2.26. The van der Waals surface area contributed by atoms with Crippen LogP contribution in [-0.4, -0.2) is 50.6 Å². The van der Waals surface area contributed by atoms with Crippen LogP contribution in [0.4, 0.5) is 0 Å². The molecule has 1 aliphatic rings. The van der Waals surface area contributed by atoms with Crippen molar-refractivity contribution in [1.29, 1.82) is 0 Å². The van der Waals surface area contributed by atoms with E-state index in [9.17, 15) is 9.59 Å². The molecule has 0 N–H and O–H groups in total. The number of aromatic nitrogens is 3. The molecule has 3 heterocycles. The molecule has 0 bridgehead atoms. The minimum atomic E-state index is -0.736. The van der Waals surface area contributed by atoms with Gasteiger partial charge in [0.2, 0.25) is 0 Å². The lowest BCUT2D eigenvalue weighted by Crippen LogP contribution is -2.38. The minimum absolute atomic E-state index is 0.102. The van der Waals surface area contributed by atoms with Crippen molar-refractivity contribution in [2.75, 3.05) is 13.1 Å². The smallest absolute Gasteiger partial charge is 0.306 e. The molecule has 1 saturated heterocycles. The lowest BCUT2D eigenvalue weighted by molar-refractivity contribution is -0.158.